The van der Waals surface area contributed by atoms with Gasteiger partial charge in [-0.1, -0.05) is 13.8 Å². The monoisotopic (exact) mass is 253 g/mol. The number of rotatable bonds is 4. The van der Waals surface area contributed by atoms with E-state index in [2.05, 4.69) is 29.0 Å². The van der Waals surface area contributed by atoms with E-state index in [0.717, 1.165) is 39.0 Å². The maximum absolute atomic E-state index is 12.4. The molecular weight excluding hydrogens is 226 g/mol. The van der Waals surface area contributed by atoms with Crippen LogP contribution in [-0.4, -0.2) is 53.6 Å². The Morgan fingerprint density at radius 3 is 2.50 bits per heavy atom. The summed E-state index contributed by atoms with van der Waals surface area (Å²) in [6.45, 7) is 10.6. The Morgan fingerprint density at radius 1 is 1.33 bits per heavy atom. The molecule has 2 aliphatic heterocycles. The first-order chi connectivity index (χ1) is 8.60. The van der Waals surface area contributed by atoms with Crippen LogP contribution in [-0.2, 0) is 4.79 Å². The van der Waals surface area contributed by atoms with E-state index in [4.69, 9.17) is 0 Å². The number of amides is 1. The van der Waals surface area contributed by atoms with E-state index in [1.54, 1.807) is 0 Å². The lowest BCUT2D eigenvalue weighted by Crippen LogP contribution is -2.48. The molecule has 0 saturated carbocycles. The van der Waals surface area contributed by atoms with Gasteiger partial charge < -0.3 is 9.80 Å². The summed E-state index contributed by atoms with van der Waals surface area (Å²) in [6, 6.07) is 0.450. The van der Waals surface area contributed by atoms with Crippen LogP contribution in [0.25, 0.3) is 0 Å². The third kappa shape index (κ3) is 2.54. The van der Waals surface area contributed by atoms with E-state index in [1.165, 1.54) is 13.0 Å². The number of likely N-dealkylation sites (tertiary alicyclic amines) is 1. The third-order valence-corrected chi connectivity index (χ3v) is 4.62. The van der Waals surface area contributed by atoms with Gasteiger partial charge >= 0.3 is 0 Å². The van der Waals surface area contributed by atoms with Crippen molar-refractivity contribution in [2.75, 3.05) is 26.3 Å². The minimum absolute atomic E-state index is 0.305. The fourth-order valence-electron chi connectivity index (χ4n) is 3.07. The van der Waals surface area contributed by atoms with Gasteiger partial charge in [0, 0.05) is 19.1 Å². The molecule has 2 aliphatic rings. The van der Waals surface area contributed by atoms with Gasteiger partial charge in [-0.15, -0.1) is 0 Å². The van der Waals surface area contributed by atoms with Gasteiger partial charge in [0.25, 0.3) is 0 Å². The number of nitrogens with one attached hydrogen (secondary N) is 1. The number of carbonyl (C=O) groups is 1. The molecule has 0 bridgehead atoms. The Bertz CT molecular complexity index is 299. The molecule has 1 amide bonds. The van der Waals surface area contributed by atoms with E-state index in [9.17, 15) is 4.79 Å². The Labute approximate surface area is 111 Å². The van der Waals surface area contributed by atoms with Crippen molar-refractivity contribution in [2.45, 2.75) is 58.0 Å². The van der Waals surface area contributed by atoms with E-state index in [0.29, 0.717) is 11.9 Å². The fraction of sp³-hybridized carbons (Fsp3) is 0.929. The summed E-state index contributed by atoms with van der Waals surface area (Å²) in [5.41, 5.74) is -0.319. The lowest BCUT2D eigenvalue weighted by atomic mass is 9.97. The lowest BCUT2D eigenvalue weighted by Gasteiger charge is -2.36. The maximum Gasteiger partial charge on any atom is 0.243 e. The fourth-order valence-corrected chi connectivity index (χ4v) is 3.07. The molecule has 4 nitrogen and oxygen atoms in total. The van der Waals surface area contributed by atoms with Gasteiger partial charge in [-0.05, 0) is 39.2 Å². The van der Waals surface area contributed by atoms with Crippen LogP contribution in [0.3, 0.4) is 0 Å². The molecule has 4 heteroatoms. The van der Waals surface area contributed by atoms with Gasteiger partial charge in [-0.25, -0.2) is 0 Å². The Balaban J connectivity index is 1.89. The van der Waals surface area contributed by atoms with Gasteiger partial charge in [0.2, 0.25) is 5.91 Å². The molecule has 2 heterocycles. The zero-order valence-corrected chi connectivity index (χ0v) is 12.0. The highest BCUT2D eigenvalue weighted by atomic mass is 16.2. The van der Waals surface area contributed by atoms with Crippen LogP contribution in [0.1, 0.15) is 46.5 Å². The first-order valence-corrected chi connectivity index (χ1v) is 7.39. The van der Waals surface area contributed by atoms with Crippen LogP contribution in [0.15, 0.2) is 0 Å². The third-order valence-electron chi connectivity index (χ3n) is 4.62. The highest BCUT2D eigenvalue weighted by Gasteiger charge is 2.43. The average molecular weight is 253 g/mol. The normalized spacial score (nSPS) is 31.3. The lowest BCUT2D eigenvalue weighted by molar-refractivity contribution is -0.134. The molecule has 1 N–H and O–H groups in total. The molecule has 2 rings (SSSR count). The number of carbonyl (C=O) groups excluding carboxylic acids is 1. The molecule has 2 fully saturated rings. The quantitative estimate of drug-likeness (QED) is 0.823. The Hall–Kier alpha value is -0.610. The molecule has 2 saturated heterocycles. The summed E-state index contributed by atoms with van der Waals surface area (Å²) in [5, 5.41) is 3.38. The van der Waals surface area contributed by atoms with Crippen molar-refractivity contribution in [3.05, 3.63) is 0 Å². The topological polar surface area (TPSA) is 35.6 Å². The molecule has 0 radical (unpaired) electrons. The second-order valence-corrected chi connectivity index (χ2v) is 5.87. The van der Waals surface area contributed by atoms with Crippen LogP contribution < -0.4 is 5.32 Å². The molecule has 1 atom stereocenters. The van der Waals surface area contributed by atoms with Crippen molar-refractivity contribution in [3.63, 3.8) is 0 Å². The maximum atomic E-state index is 12.4. The zero-order valence-electron chi connectivity index (χ0n) is 12.0. The molecule has 0 aromatic heterocycles. The van der Waals surface area contributed by atoms with Crippen molar-refractivity contribution in [2.24, 2.45) is 0 Å². The van der Waals surface area contributed by atoms with Gasteiger partial charge in [-0.3, -0.25) is 10.1 Å². The van der Waals surface area contributed by atoms with Crippen LogP contribution in [0.5, 0.6) is 0 Å². The van der Waals surface area contributed by atoms with Crippen molar-refractivity contribution >= 4 is 5.91 Å². The van der Waals surface area contributed by atoms with Gasteiger partial charge in [0.05, 0.1) is 12.2 Å². The van der Waals surface area contributed by atoms with Crippen LogP contribution in [0.4, 0.5) is 0 Å². The summed E-state index contributed by atoms with van der Waals surface area (Å²) in [6.07, 6.45) is 4.36. The number of hydrogen-bond acceptors (Lipinski definition) is 3. The van der Waals surface area contributed by atoms with Crippen LogP contribution in [0, 0.1) is 0 Å². The van der Waals surface area contributed by atoms with Crippen molar-refractivity contribution in [1.29, 1.82) is 0 Å². The summed E-state index contributed by atoms with van der Waals surface area (Å²) in [7, 11) is 0. The summed E-state index contributed by atoms with van der Waals surface area (Å²) >= 11 is 0. The van der Waals surface area contributed by atoms with E-state index < -0.39 is 0 Å². The van der Waals surface area contributed by atoms with Crippen LogP contribution in [0.2, 0.25) is 0 Å². The standard InChI is InChI=1S/C14H27N3O/c1-4-8-16-9-6-12(7-10-16)17-11-15-14(3,5-2)13(17)18/h12,15H,4-11H2,1-3H3. The smallest absolute Gasteiger partial charge is 0.243 e. The van der Waals surface area contributed by atoms with Crippen LogP contribution >= 0.6 is 0 Å². The SMILES string of the molecule is CCCN1CCC(N2CNC(C)(CC)C2=O)CC1. The Morgan fingerprint density at radius 2 is 2.00 bits per heavy atom. The van der Waals surface area contributed by atoms with Crippen molar-refractivity contribution in [1.82, 2.24) is 15.1 Å². The first kappa shape index (κ1) is 13.8. The molecule has 0 spiro atoms. The summed E-state index contributed by atoms with van der Waals surface area (Å²) in [5.74, 6) is 0.305. The molecule has 0 aliphatic carbocycles. The first-order valence-electron chi connectivity index (χ1n) is 7.39. The van der Waals surface area contributed by atoms with Gasteiger partial charge in [0.15, 0.2) is 0 Å². The largest absolute Gasteiger partial charge is 0.325 e. The van der Waals surface area contributed by atoms with E-state index in [1.807, 2.05) is 6.92 Å². The minimum atomic E-state index is -0.319. The van der Waals surface area contributed by atoms with Crippen molar-refractivity contribution in [3.8, 4) is 0 Å². The number of hydrogen-bond donors (Lipinski definition) is 1. The van der Waals surface area contributed by atoms with Crippen molar-refractivity contribution < 1.29 is 4.79 Å². The van der Waals surface area contributed by atoms with Gasteiger partial charge in [-0.2, -0.15) is 0 Å². The second kappa shape index (κ2) is 5.57. The summed E-state index contributed by atoms with van der Waals surface area (Å²) < 4.78 is 0. The molecule has 18 heavy (non-hydrogen) atoms. The Kier molecular flexibility index (Phi) is 4.28. The highest BCUT2D eigenvalue weighted by molar-refractivity contribution is 5.88. The minimum Gasteiger partial charge on any atom is -0.325 e. The predicted molar refractivity (Wildman–Crippen MR) is 73.3 cm³/mol. The molecule has 0 aromatic carbocycles. The molecular formula is C14H27N3O. The zero-order chi connectivity index (χ0) is 13.2. The number of piperidine rings is 1. The molecule has 0 aromatic rings. The molecule has 1 unspecified atom stereocenters. The van der Waals surface area contributed by atoms with Gasteiger partial charge in [0.1, 0.15) is 0 Å². The summed E-state index contributed by atoms with van der Waals surface area (Å²) in [4.78, 5) is 17.0. The average Bonchev–Trinajstić information content (AvgIpc) is 2.69. The molecule has 104 valence electrons. The van der Waals surface area contributed by atoms with E-state index in [-0.39, 0.29) is 5.54 Å². The van der Waals surface area contributed by atoms with E-state index >= 15 is 0 Å². The number of nitrogens with zero attached hydrogens (tertiary/aromatic N) is 2. The predicted octanol–water partition coefficient (Wildman–Crippen LogP) is 1.42. The second-order valence-electron chi connectivity index (χ2n) is 5.87. The highest BCUT2D eigenvalue weighted by Crippen LogP contribution is 2.25.